The van der Waals surface area contributed by atoms with Crippen molar-refractivity contribution in [2.45, 2.75) is 20.4 Å². The minimum atomic E-state index is -0.265. The second kappa shape index (κ2) is 13.1. The van der Waals surface area contributed by atoms with Crippen molar-refractivity contribution in [2.75, 3.05) is 44.8 Å². The third-order valence-electron chi connectivity index (χ3n) is 4.19. The fraction of sp³-hybridized carbons (Fsp3) is 0.409. The maximum absolute atomic E-state index is 12.2. The summed E-state index contributed by atoms with van der Waals surface area (Å²) in [6, 6.07) is 11.0. The van der Waals surface area contributed by atoms with Crippen LogP contribution in [0.1, 0.15) is 18.1 Å². The Morgan fingerprint density at radius 1 is 1.03 bits per heavy atom. The molecule has 0 saturated heterocycles. The van der Waals surface area contributed by atoms with Crippen molar-refractivity contribution in [3.8, 4) is 11.5 Å². The van der Waals surface area contributed by atoms with Crippen molar-refractivity contribution in [1.82, 2.24) is 10.6 Å². The normalized spacial score (nSPS) is 10.7. The van der Waals surface area contributed by atoms with Gasteiger partial charge in [0, 0.05) is 43.0 Å². The zero-order valence-corrected chi connectivity index (χ0v) is 18.2. The van der Waals surface area contributed by atoms with E-state index in [9.17, 15) is 4.79 Å². The number of amides is 1. The molecule has 0 saturated carbocycles. The molecule has 7 nitrogen and oxygen atoms in total. The van der Waals surface area contributed by atoms with Gasteiger partial charge in [0.1, 0.15) is 0 Å². The van der Waals surface area contributed by atoms with Crippen molar-refractivity contribution in [2.24, 2.45) is 0 Å². The molecule has 1 amide bonds. The van der Waals surface area contributed by atoms with E-state index in [1.54, 1.807) is 6.07 Å². The molecule has 2 aromatic carbocycles. The van der Waals surface area contributed by atoms with Crippen LogP contribution >= 0.6 is 11.6 Å². The first kappa shape index (κ1) is 24.0. The molecule has 0 bridgehead atoms. The lowest BCUT2D eigenvalue weighted by molar-refractivity contribution is -0.118. The lowest BCUT2D eigenvalue weighted by atomic mass is 10.2. The summed E-state index contributed by atoms with van der Waals surface area (Å²) in [6.45, 7) is 6.91. The van der Waals surface area contributed by atoms with E-state index in [1.165, 1.54) is 0 Å². The van der Waals surface area contributed by atoms with Gasteiger partial charge in [-0.2, -0.15) is 0 Å². The molecule has 0 aliphatic heterocycles. The van der Waals surface area contributed by atoms with E-state index in [-0.39, 0.29) is 19.1 Å². The number of carbonyl (C=O) groups is 1. The summed E-state index contributed by atoms with van der Waals surface area (Å²) in [5.41, 5.74) is 2.71. The van der Waals surface area contributed by atoms with E-state index in [0.717, 1.165) is 24.2 Å². The van der Waals surface area contributed by atoms with Crippen LogP contribution in [0.25, 0.3) is 0 Å². The Bertz CT molecular complexity index is 800. The molecule has 0 spiro atoms. The lowest BCUT2D eigenvalue weighted by Gasteiger charge is -2.15. The van der Waals surface area contributed by atoms with Gasteiger partial charge in [-0.3, -0.25) is 4.79 Å². The van der Waals surface area contributed by atoms with Gasteiger partial charge >= 0.3 is 0 Å². The van der Waals surface area contributed by atoms with Crippen LogP contribution in [0.2, 0.25) is 5.02 Å². The Labute approximate surface area is 182 Å². The molecule has 0 radical (unpaired) electrons. The minimum Gasteiger partial charge on any atom is -0.490 e. The zero-order valence-electron chi connectivity index (χ0n) is 17.5. The Kier molecular flexibility index (Phi) is 10.4. The highest BCUT2D eigenvalue weighted by Gasteiger charge is 2.13. The predicted molar refractivity (Wildman–Crippen MR) is 120 cm³/mol. The summed E-state index contributed by atoms with van der Waals surface area (Å²) < 4.78 is 11.4. The van der Waals surface area contributed by atoms with Crippen molar-refractivity contribution in [3.05, 3.63) is 52.5 Å². The number of aliphatic hydroxyl groups excluding tert-OH is 1. The number of halogens is 1. The smallest absolute Gasteiger partial charge is 0.262 e. The molecular formula is C22H30ClN3O4. The Morgan fingerprint density at radius 3 is 2.43 bits per heavy atom. The number of anilines is 1. The predicted octanol–water partition coefficient (Wildman–Crippen LogP) is 2.74. The molecule has 8 heteroatoms. The molecule has 2 aromatic rings. The molecule has 2 rings (SSSR count). The topological polar surface area (TPSA) is 91.8 Å². The van der Waals surface area contributed by atoms with Crippen LogP contribution in [-0.4, -0.2) is 50.5 Å². The number of benzene rings is 2. The third-order valence-corrected chi connectivity index (χ3v) is 4.54. The van der Waals surface area contributed by atoms with Gasteiger partial charge in [0.2, 0.25) is 0 Å². The standard InChI is InChI=1S/C22H30ClN3O4/c1-3-29-20-12-17(14-25-9-8-24-10-11-27)19(23)13-21(20)30-15-22(28)26-18-6-4-16(2)5-7-18/h4-7,12-13,24-25,27H,3,8-11,14-15H2,1-2H3,(H,26,28). The molecule has 0 aromatic heterocycles. The van der Waals surface area contributed by atoms with Crippen molar-refractivity contribution in [1.29, 1.82) is 0 Å². The molecule has 30 heavy (non-hydrogen) atoms. The number of rotatable bonds is 13. The van der Waals surface area contributed by atoms with Gasteiger partial charge in [0.15, 0.2) is 18.1 Å². The Balaban J connectivity index is 1.93. The van der Waals surface area contributed by atoms with Crippen LogP contribution in [0.4, 0.5) is 5.69 Å². The van der Waals surface area contributed by atoms with Crippen LogP contribution in [0.15, 0.2) is 36.4 Å². The first-order chi connectivity index (χ1) is 14.5. The summed E-state index contributed by atoms with van der Waals surface area (Å²) in [6.07, 6.45) is 0. The molecule has 164 valence electrons. The van der Waals surface area contributed by atoms with Gasteiger partial charge in [0.05, 0.1) is 13.2 Å². The highest BCUT2D eigenvalue weighted by atomic mass is 35.5. The maximum atomic E-state index is 12.2. The maximum Gasteiger partial charge on any atom is 0.262 e. The first-order valence-electron chi connectivity index (χ1n) is 10.00. The fourth-order valence-corrected chi connectivity index (χ4v) is 2.90. The summed E-state index contributed by atoms with van der Waals surface area (Å²) in [5.74, 6) is 0.702. The van der Waals surface area contributed by atoms with Gasteiger partial charge in [0.25, 0.3) is 5.91 Å². The van der Waals surface area contributed by atoms with E-state index < -0.39 is 0 Å². The van der Waals surface area contributed by atoms with Gasteiger partial charge < -0.3 is 30.5 Å². The number of hydrogen-bond donors (Lipinski definition) is 4. The molecule has 0 unspecified atom stereocenters. The van der Waals surface area contributed by atoms with Crippen LogP contribution in [0.3, 0.4) is 0 Å². The molecule has 4 N–H and O–H groups in total. The van der Waals surface area contributed by atoms with Gasteiger partial charge in [-0.1, -0.05) is 29.3 Å². The number of ether oxygens (including phenoxy) is 2. The van der Waals surface area contributed by atoms with E-state index in [1.807, 2.05) is 44.2 Å². The Hall–Kier alpha value is -2.32. The molecule has 0 heterocycles. The number of aliphatic hydroxyl groups is 1. The second-order valence-electron chi connectivity index (χ2n) is 6.68. The first-order valence-corrected chi connectivity index (χ1v) is 10.4. The largest absolute Gasteiger partial charge is 0.490 e. The molecule has 0 atom stereocenters. The molecular weight excluding hydrogens is 406 g/mol. The fourth-order valence-electron chi connectivity index (χ4n) is 2.67. The van der Waals surface area contributed by atoms with Gasteiger partial charge in [-0.15, -0.1) is 0 Å². The highest BCUT2D eigenvalue weighted by molar-refractivity contribution is 6.31. The second-order valence-corrected chi connectivity index (χ2v) is 7.08. The van der Waals surface area contributed by atoms with Crippen molar-refractivity contribution < 1.29 is 19.4 Å². The average molecular weight is 436 g/mol. The summed E-state index contributed by atoms with van der Waals surface area (Å²) >= 11 is 6.40. The van der Waals surface area contributed by atoms with Crippen LogP contribution in [0.5, 0.6) is 11.5 Å². The quantitative estimate of drug-likeness (QED) is 0.362. The number of hydrogen-bond acceptors (Lipinski definition) is 6. The average Bonchev–Trinajstić information content (AvgIpc) is 2.73. The van der Waals surface area contributed by atoms with E-state index in [0.29, 0.717) is 41.9 Å². The van der Waals surface area contributed by atoms with Gasteiger partial charge in [-0.25, -0.2) is 0 Å². The summed E-state index contributed by atoms with van der Waals surface area (Å²) in [5, 5.41) is 18.5. The van der Waals surface area contributed by atoms with E-state index in [2.05, 4.69) is 16.0 Å². The molecule has 0 fully saturated rings. The third kappa shape index (κ3) is 8.20. The minimum absolute atomic E-state index is 0.119. The van der Waals surface area contributed by atoms with Crippen molar-refractivity contribution >= 4 is 23.2 Å². The van der Waals surface area contributed by atoms with Crippen molar-refractivity contribution in [3.63, 3.8) is 0 Å². The van der Waals surface area contributed by atoms with Crippen LogP contribution in [-0.2, 0) is 11.3 Å². The molecule has 0 aliphatic carbocycles. The number of nitrogens with one attached hydrogen (secondary N) is 3. The monoisotopic (exact) mass is 435 g/mol. The lowest BCUT2D eigenvalue weighted by Crippen LogP contribution is -2.28. The molecule has 0 aliphatic rings. The summed E-state index contributed by atoms with van der Waals surface area (Å²) in [7, 11) is 0. The Morgan fingerprint density at radius 2 is 1.73 bits per heavy atom. The SMILES string of the molecule is CCOc1cc(CNCCNCCO)c(Cl)cc1OCC(=O)Nc1ccc(C)cc1. The van der Waals surface area contributed by atoms with Gasteiger partial charge in [-0.05, 0) is 37.6 Å². The van der Waals surface area contributed by atoms with E-state index in [4.69, 9.17) is 26.2 Å². The zero-order chi connectivity index (χ0) is 21.8. The highest BCUT2D eigenvalue weighted by Crippen LogP contribution is 2.33. The van der Waals surface area contributed by atoms with Crippen LogP contribution in [0, 0.1) is 6.92 Å². The number of carbonyl (C=O) groups excluding carboxylic acids is 1. The van der Waals surface area contributed by atoms with E-state index >= 15 is 0 Å². The van der Waals surface area contributed by atoms with Crippen LogP contribution < -0.4 is 25.4 Å². The summed E-state index contributed by atoms with van der Waals surface area (Å²) in [4.78, 5) is 12.2. The number of aryl methyl sites for hydroxylation is 1.